The number of nitrogens with one attached hydrogen (secondary N) is 1. The van der Waals surface area contributed by atoms with Crippen LogP contribution in [0.5, 0.6) is 0 Å². The Morgan fingerprint density at radius 1 is 1.16 bits per heavy atom. The molecule has 2 aromatic rings. The molecule has 0 fully saturated rings. The average Bonchev–Trinajstić information content (AvgIpc) is 2.78. The summed E-state index contributed by atoms with van der Waals surface area (Å²) in [4.78, 5) is 0. The van der Waals surface area contributed by atoms with Crippen molar-refractivity contribution in [3.63, 3.8) is 0 Å². The van der Waals surface area contributed by atoms with Crippen molar-refractivity contribution in [2.24, 2.45) is 0 Å². The van der Waals surface area contributed by atoms with E-state index >= 15 is 0 Å². The Hall–Kier alpha value is -0.800. The average molecular weight is 381 g/mol. The minimum atomic E-state index is 0.423. The second kappa shape index (κ2) is 5.29. The van der Waals surface area contributed by atoms with Gasteiger partial charge in [0.15, 0.2) is 0 Å². The lowest BCUT2D eigenvalue weighted by Crippen LogP contribution is -2.08. The van der Waals surface area contributed by atoms with Crippen LogP contribution < -0.4 is 5.32 Å². The SMILES string of the molecule is Cc1cc(Br)ccc1NC1CCc2c(Br)cccc21. The quantitative estimate of drug-likeness (QED) is 0.712. The van der Waals surface area contributed by atoms with E-state index < -0.39 is 0 Å². The Morgan fingerprint density at radius 3 is 2.79 bits per heavy atom. The Bertz CT molecular complexity index is 622. The second-order valence-corrected chi connectivity index (χ2v) is 6.77. The molecule has 0 aromatic heterocycles. The molecule has 0 radical (unpaired) electrons. The van der Waals surface area contributed by atoms with Gasteiger partial charge in [0.2, 0.25) is 0 Å². The van der Waals surface area contributed by atoms with Crippen LogP contribution in [-0.4, -0.2) is 0 Å². The summed E-state index contributed by atoms with van der Waals surface area (Å²) in [5.41, 5.74) is 5.38. The Kier molecular flexibility index (Phi) is 3.68. The fraction of sp³-hybridized carbons (Fsp3) is 0.250. The van der Waals surface area contributed by atoms with Gasteiger partial charge in [0.1, 0.15) is 0 Å². The molecule has 0 amide bonds. The molecule has 2 aromatic carbocycles. The van der Waals surface area contributed by atoms with Crippen LogP contribution in [0.15, 0.2) is 45.3 Å². The molecule has 1 atom stereocenters. The predicted molar refractivity (Wildman–Crippen MR) is 87.7 cm³/mol. The van der Waals surface area contributed by atoms with Gasteiger partial charge in [0.05, 0.1) is 6.04 Å². The topological polar surface area (TPSA) is 12.0 Å². The summed E-state index contributed by atoms with van der Waals surface area (Å²) < 4.78 is 2.37. The van der Waals surface area contributed by atoms with Crippen molar-refractivity contribution in [2.45, 2.75) is 25.8 Å². The fourth-order valence-corrected chi connectivity index (χ4v) is 3.79. The summed E-state index contributed by atoms with van der Waals surface area (Å²) in [6.07, 6.45) is 2.30. The van der Waals surface area contributed by atoms with Crippen molar-refractivity contribution < 1.29 is 0 Å². The molecule has 1 unspecified atom stereocenters. The van der Waals surface area contributed by atoms with Crippen molar-refractivity contribution in [3.8, 4) is 0 Å². The monoisotopic (exact) mass is 379 g/mol. The number of fused-ring (bicyclic) bond motifs is 1. The van der Waals surface area contributed by atoms with Gasteiger partial charge in [-0.3, -0.25) is 0 Å². The Labute approximate surface area is 130 Å². The van der Waals surface area contributed by atoms with E-state index in [4.69, 9.17) is 0 Å². The van der Waals surface area contributed by atoms with Crippen molar-refractivity contribution in [2.75, 3.05) is 5.32 Å². The summed E-state index contributed by atoms with van der Waals surface area (Å²) in [6, 6.07) is 13.3. The van der Waals surface area contributed by atoms with Crippen molar-refractivity contribution in [1.82, 2.24) is 0 Å². The molecule has 0 bridgehead atoms. The lowest BCUT2D eigenvalue weighted by molar-refractivity contribution is 0.761. The molecule has 1 aliphatic rings. The van der Waals surface area contributed by atoms with E-state index in [0.29, 0.717) is 6.04 Å². The zero-order valence-corrected chi connectivity index (χ0v) is 13.9. The molecule has 0 saturated heterocycles. The van der Waals surface area contributed by atoms with Gasteiger partial charge < -0.3 is 5.32 Å². The number of aryl methyl sites for hydroxylation is 1. The molecular weight excluding hydrogens is 366 g/mol. The summed E-state index contributed by atoms with van der Waals surface area (Å²) in [7, 11) is 0. The maximum atomic E-state index is 3.68. The van der Waals surface area contributed by atoms with Crippen LogP contribution in [0.2, 0.25) is 0 Å². The van der Waals surface area contributed by atoms with Gasteiger partial charge in [0.25, 0.3) is 0 Å². The molecule has 98 valence electrons. The highest BCUT2D eigenvalue weighted by molar-refractivity contribution is 9.10. The van der Waals surface area contributed by atoms with Crippen LogP contribution in [0.3, 0.4) is 0 Å². The van der Waals surface area contributed by atoms with Crippen LogP contribution in [0, 0.1) is 6.92 Å². The van der Waals surface area contributed by atoms with Gasteiger partial charge in [-0.1, -0.05) is 44.0 Å². The van der Waals surface area contributed by atoms with Crippen LogP contribution in [-0.2, 0) is 6.42 Å². The van der Waals surface area contributed by atoms with E-state index in [0.717, 1.165) is 17.3 Å². The highest BCUT2D eigenvalue weighted by Crippen LogP contribution is 2.38. The Balaban J connectivity index is 1.89. The number of halogens is 2. The van der Waals surface area contributed by atoms with Gasteiger partial charge in [-0.05, 0) is 60.7 Å². The molecular formula is C16H15Br2N. The summed E-state index contributed by atoms with van der Waals surface area (Å²) in [6.45, 7) is 2.14. The molecule has 1 nitrogen and oxygen atoms in total. The zero-order chi connectivity index (χ0) is 13.4. The maximum Gasteiger partial charge on any atom is 0.0520 e. The van der Waals surface area contributed by atoms with Crippen molar-refractivity contribution in [1.29, 1.82) is 0 Å². The molecule has 0 heterocycles. The fourth-order valence-electron chi connectivity index (χ4n) is 2.74. The molecule has 3 rings (SSSR count). The van der Waals surface area contributed by atoms with Crippen LogP contribution in [0.4, 0.5) is 5.69 Å². The lowest BCUT2D eigenvalue weighted by Gasteiger charge is -2.17. The van der Waals surface area contributed by atoms with Crippen LogP contribution in [0.25, 0.3) is 0 Å². The van der Waals surface area contributed by atoms with Gasteiger partial charge in [0, 0.05) is 14.6 Å². The Morgan fingerprint density at radius 2 is 2.00 bits per heavy atom. The number of hydrogen-bond donors (Lipinski definition) is 1. The minimum Gasteiger partial charge on any atom is -0.378 e. The van der Waals surface area contributed by atoms with Gasteiger partial charge in [-0.25, -0.2) is 0 Å². The van der Waals surface area contributed by atoms with Gasteiger partial charge >= 0.3 is 0 Å². The third-order valence-corrected chi connectivity index (χ3v) is 4.97. The normalized spacial score (nSPS) is 17.3. The third-order valence-electron chi connectivity index (χ3n) is 3.73. The molecule has 19 heavy (non-hydrogen) atoms. The predicted octanol–water partition coefficient (Wildman–Crippen LogP) is 5.62. The largest absolute Gasteiger partial charge is 0.378 e. The molecule has 0 aliphatic heterocycles. The highest BCUT2D eigenvalue weighted by Gasteiger charge is 2.24. The van der Waals surface area contributed by atoms with Crippen LogP contribution >= 0.6 is 31.9 Å². The van der Waals surface area contributed by atoms with Gasteiger partial charge in [-0.15, -0.1) is 0 Å². The summed E-state index contributed by atoms with van der Waals surface area (Å²) in [5, 5.41) is 3.68. The van der Waals surface area contributed by atoms with Crippen molar-refractivity contribution >= 4 is 37.5 Å². The van der Waals surface area contributed by atoms with E-state index in [2.05, 4.69) is 80.5 Å². The van der Waals surface area contributed by atoms with Crippen LogP contribution in [0.1, 0.15) is 29.2 Å². The minimum absolute atomic E-state index is 0.423. The van der Waals surface area contributed by atoms with E-state index in [1.54, 1.807) is 0 Å². The number of rotatable bonds is 2. The summed E-state index contributed by atoms with van der Waals surface area (Å²) >= 11 is 7.16. The number of benzene rings is 2. The van der Waals surface area contributed by atoms with Crippen molar-refractivity contribution in [3.05, 3.63) is 62.0 Å². The number of hydrogen-bond acceptors (Lipinski definition) is 1. The number of anilines is 1. The van der Waals surface area contributed by atoms with E-state index in [1.165, 1.54) is 26.9 Å². The lowest BCUT2D eigenvalue weighted by atomic mass is 10.1. The molecule has 0 spiro atoms. The van der Waals surface area contributed by atoms with E-state index in [-0.39, 0.29) is 0 Å². The molecule has 1 aliphatic carbocycles. The first-order chi connectivity index (χ1) is 9.15. The third kappa shape index (κ3) is 2.59. The first-order valence-corrected chi connectivity index (χ1v) is 8.04. The highest BCUT2D eigenvalue weighted by atomic mass is 79.9. The van der Waals surface area contributed by atoms with E-state index in [1.807, 2.05) is 0 Å². The van der Waals surface area contributed by atoms with E-state index in [9.17, 15) is 0 Å². The first-order valence-electron chi connectivity index (χ1n) is 6.45. The summed E-state index contributed by atoms with van der Waals surface area (Å²) in [5.74, 6) is 0. The zero-order valence-electron chi connectivity index (χ0n) is 10.7. The maximum absolute atomic E-state index is 3.68. The molecule has 1 N–H and O–H groups in total. The standard InChI is InChI=1S/C16H15Br2N/c1-10-9-11(17)5-7-15(10)19-16-8-6-12-13(16)3-2-4-14(12)18/h2-5,7,9,16,19H,6,8H2,1H3. The molecule has 0 saturated carbocycles. The van der Waals surface area contributed by atoms with Gasteiger partial charge in [-0.2, -0.15) is 0 Å². The first kappa shape index (κ1) is 13.2. The molecule has 3 heteroatoms. The smallest absolute Gasteiger partial charge is 0.0520 e. The second-order valence-electron chi connectivity index (χ2n) is 5.00.